The third-order valence-corrected chi connectivity index (χ3v) is 4.64. The molecule has 23 heavy (non-hydrogen) atoms. The van der Waals surface area contributed by atoms with E-state index in [2.05, 4.69) is 31.0 Å². The molecule has 3 rings (SSSR count). The van der Waals surface area contributed by atoms with Crippen LogP contribution in [0.3, 0.4) is 0 Å². The molecule has 2 heterocycles. The number of aliphatic carboxylic acids is 1. The summed E-state index contributed by atoms with van der Waals surface area (Å²) in [7, 11) is 0. The Kier molecular flexibility index (Phi) is 4.00. The zero-order valence-electron chi connectivity index (χ0n) is 12.8. The Labute approximate surface area is 136 Å². The fourth-order valence-electron chi connectivity index (χ4n) is 2.49. The molecule has 0 amide bonds. The SMILES string of the molecule is CC(C)c1ccc(-c2csc3ncn(CC(=O)O)c(=O)c23)cc1. The maximum absolute atomic E-state index is 12.6. The molecule has 0 fully saturated rings. The molecule has 0 bridgehead atoms. The van der Waals surface area contributed by atoms with Gasteiger partial charge in [-0.2, -0.15) is 0 Å². The summed E-state index contributed by atoms with van der Waals surface area (Å²) in [6, 6.07) is 8.08. The number of fused-ring (bicyclic) bond motifs is 1. The van der Waals surface area contributed by atoms with E-state index in [9.17, 15) is 9.59 Å². The number of hydrogen-bond donors (Lipinski definition) is 1. The summed E-state index contributed by atoms with van der Waals surface area (Å²) in [4.78, 5) is 28.3. The van der Waals surface area contributed by atoms with Crippen molar-refractivity contribution in [3.8, 4) is 11.1 Å². The van der Waals surface area contributed by atoms with Gasteiger partial charge in [-0.25, -0.2) is 4.98 Å². The molecule has 0 unspecified atom stereocenters. The van der Waals surface area contributed by atoms with Gasteiger partial charge in [0.25, 0.3) is 5.56 Å². The fraction of sp³-hybridized carbons (Fsp3) is 0.235. The molecule has 0 saturated heterocycles. The van der Waals surface area contributed by atoms with Crippen molar-refractivity contribution in [3.05, 3.63) is 51.9 Å². The number of thiophene rings is 1. The van der Waals surface area contributed by atoms with Crippen molar-refractivity contribution in [1.82, 2.24) is 9.55 Å². The maximum Gasteiger partial charge on any atom is 0.323 e. The number of benzene rings is 1. The van der Waals surface area contributed by atoms with E-state index in [0.717, 1.165) is 15.7 Å². The number of aromatic nitrogens is 2. The summed E-state index contributed by atoms with van der Waals surface area (Å²) in [5.41, 5.74) is 2.65. The van der Waals surface area contributed by atoms with Gasteiger partial charge in [0.2, 0.25) is 0 Å². The van der Waals surface area contributed by atoms with Crippen molar-refractivity contribution in [3.63, 3.8) is 0 Å². The molecular formula is C17H16N2O3S. The number of nitrogens with zero attached hydrogens (tertiary/aromatic N) is 2. The molecule has 0 spiro atoms. The number of carbonyl (C=O) groups is 1. The van der Waals surface area contributed by atoms with E-state index in [0.29, 0.717) is 16.1 Å². The summed E-state index contributed by atoms with van der Waals surface area (Å²) in [6.07, 6.45) is 1.29. The predicted octanol–water partition coefficient (Wildman–Crippen LogP) is 3.33. The van der Waals surface area contributed by atoms with Crippen LogP contribution in [0.4, 0.5) is 0 Å². The highest BCUT2D eigenvalue weighted by Gasteiger charge is 2.14. The van der Waals surface area contributed by atoms with Gasteiger partial charge in [-0.15, -0.1) is 11.3 Å². The smallest absolute Gasteiger partial charge is 0.323 e. The van der Waals surface area contributed by atoms with Crippen LogP contribution in [0, 0.1) is 0 Å². The largest absolute Gasteiger partial charge is 0.480 e. The highest BCUT2D eigenvalue weighted by atomic mass is 32.1. The summed E-state index contributed by atoms with van der Waals surface area (Å²) >= 11 is 1.39. The third-order valence-electron chi connectivity index (χ3n) is 3.75. The molecule has 2 aromatic heterocycles. The van der Waals surface area contributed by atoms with Gasteiger partial charge in [0.15, 0.2) is 0 Å². The summed E-state index contributed by atoms with van der Waals surface area (Å²) in [5.74, 6) is -0.621. The van der Waals surface area contributed by atoms with E-state index < -0.39 is 5.97 Å². The highest BCUT2D eigenvalue weighted by Crippen LogP contribution is 2.31. The lowest BCUT2D eigenvalue weighted by molar-refractivity contribution is -0.137. The van der Waals surface area contributed by atoms with E-state index in [-0.39, 0.29) is 12.1 Å². The predicted molar refractivity (Wildman–Crippen MR) is 91.0 cm³/mol. The first-order valence-corrected chi connectivity index (χ1v) is 8.14. The van der Waals surface area contributed by atoms with Gasteiger partial charge in [0.05, 0.1) is 11.7 Å². The minimum Gasteiger partial charge on any atom is -0.480 e. The molecule has 1 aromatic carbocycles. The lowest BCUT2D eigenvalue weighted by atomic mass is 9.99. The average molecular weight is 328 g/mol. The normalized spacial score (nSPS) is 11.3. The van der Waals surface area contributed by atoms with Gasteiger partial charge in [-0.05, 0) is 17.0 Å². The van der Waals surface area contributed by atoms with Crippen molar-refractivity contribution in [2.75, 3.05) is 0 Å². The molecule has 5 nitrogen and oxygen atoms in total. The molecule has 0 atom stereocenters. The Morgan fingerprint density at radius 1 is 1.30 bits per heavy atom. The molecule has 0 aliphatic carbocycles. The van der Waals surface area contributed by atoms with Crippen LogP contribution in [0.5, 0.6) is 0 Å². The summed E-state index contributed by atoms with van der Waals surface area (Å²) in [5, 5.41) is 11.3. The lowest BCUT2D eigenvalue weighted by Crippen LogP contribution is -2.24. The van der Waals surface area contributed by atoms with Crippen molar-refractivity contribution < 1.29 is 9.90 Å². The van der Waals surface area contributed by atoms with Crippen LogP contribution >= 0.6 is 11.3 Å². The zero-order chi connectivity index (χ0) is 16.6. The first-order valence-electron chi connectivity index (χ1n) is 7.26. The quantitative estimate of drug-likeness (QED) is 0.797. The molecule has 6 heteroatoms. The molecule has 0 saturated carbocycles. The van der Waals surface area contributed by atoms with Crippen molar-refractivity contribution in [1.29, 1.82) is 0 Å². The van der Waals surface area contributed by atoms with Crippen LogP contribution in [0.1, 0.15) is 25.3 Å². The minimum absolute atomic E-state index is 0.318. The van der Waals surface area contributed by atoms with Gasteiger partial charge in [0, 0.05) is 10.9 Å². The highest BCUT2D eigenvalue weighted by molar-refractivity contribution is 7.17. The summed E-state index contributed by atoms with van der Waals surface area (Å²) < 4.78 is 1.13. The molecule has 1 N–H and O–H groups in total. The average Bonchev–Trinajstić information content (AvgIpc) is 2.94. The van der Waals surface area contributed by atoms with Crippen LogP contribution in [0.25, 0.3) is 21.3 Å². The first-order chi connectivity index (χ1) is 11.0. The fourth-order valence-corrected chi connectivity index (χ4v) is 3.39. The Morgan fingerprint density at radius 3 is 2.61 bits per heavy atom. The van der Waals surface area contributed by atoms with E-state index >= 15 is 0 Å². The van der Waals surface area contributed by atoms with Crippen LogP contribution in [-0.4, -0.2) is 20.6 Å². The van der Waals surface area contributed by atoms with Crippen molar-refractivity contribution in [2.24, 2.45) is 0 Å². The monoisotopic (exact) mass is 328 g/mol. The second kappa shape index (κ2) is 5.96. The lowest BCUT2D eigenvalue weighted by Gasteiger charge is -2.07. The van der Waals surface area contributed by atoms with Crippen LogP contribution < -0.4 is 5.56 Å². The Balaban J connectivity index is 2.14. The second-order valence-electron chi connectivity index (χ2n) is 5.68. The number of hydrogen-bond acceptors (Lipinski definition) is 4. The van der Waals surface area contributed by atoms with Gasteiger partial charge in [-0.1, -0.05) is 38.1 Å². The first kappa shape index (κ1) is 15.4. The summed E-state index contributed by atoms with van der Waals surface area (Å²) in [6.45, 7) is 3.87. The van der Waals surface area contributed by atoms with Gasteiger partial charge < -0.3 is 5.11 Å². The molecule has 0 aliphatic heterocycles. The molecule has 3 aromatic rings. The standard InChI is InChI=1S/C17H16N2O3S/c1-10(2)11-3-5-12(6-4-11)13-8-23-16-15(13)17(22)19(9-18-16)7-14(20)21/h3-6,8-10H,7H2,1-2H3,(H,20,21). The molecule has 0 aliphatic rings. The number of carboxylic acids is 1. The molecule has 118 valence electrons. The van der Waals surface area contributed by atoms with E-state index in [1.54, 1.807) is 0 Å². The van der Waals surface area contributed by atoms with Crippen LogP contribution in [0.2, 0.25) is 0 Å². The van der Waals surface area contributed by atoms with Crippen LogP contribution in [0.15, 0.2) is 40.8 Å². The van der Waals surface area contributed by atoms with Gasteiger partial charge in [-0.3, -0.25) is 14.2 Å². The topological polar surface area (TPSA) is 72.2 Å². The maximum atomic E-state index is 12.6. The zero-order valence-corrected chi connectivity index (χ0v) is 13.6. The second-order valence-corrected chi connectivity index (χ2v) is 6.54. The third kappa shape index (κ3) is 2.90. The minimum atomic E-state index is -1.06. The van der Waals surface area contributed by atoms with Gasteiger partial charge in [0.1, 0.15) is 11.4 Å². The Hall–Kier alpha value is -2.47. The number of carboxylic acid groups (broad SMARTS) is 1. The van der Waals surface area contributed by atoms with Crippen molar-refractivity contribution >= 4 is 27.5 Å². The Bertz CT molecular complexity index is 923. The number of rotatable bonds is 4. The van der Waals surface area contributed by atoms with Crippen molar-refractivity contribution in [2.45, 2.75) is 26.3 Å². The van der Waals surface area contributed by atoms with E-state index in [1.165, 1.54) is 23.2 Å². The van der Waals surface area contributed by atoms with Gasteiger partial charge >= 0.3 is 5.97 Å². The van der Waals surface area contributed by atoms with Crippen LogP contribution in [-0.2, 0) is 11.3 Å². The van der Waals surface area contributed by atoms with E-state index in [1.807, 2.05) is 17.5 Å². The van der Waals surface area contributed by atoms with E-state index in [4.69, 9.17) is 5.11 Å². The molecular weight excluding hydrogens is 312 g/mol. The molecule has 0 radical (unpaired) electrons. The Morgan fingerprint density at radius 2 is 2.00 bits per heavy atom.